The third-order valence-electron chi connectivity index (χ3n) is 3.51. The van der Waals surface area contributed by atoms with Crippen LogP contribution in [-0.2, 0) is 17.1 Å². The van der Waals surface area contributed by atoms with Gasteiger partial charge in [-0.1, -0.05) is 30.3 Å². The number of imidazole rings is 1. The zero-order chi connectivity index (χ0) is 14.2. The van der Waals surface area contributed by atoms with Crippen molar-refractivity contribution < 1.29 is 8.42 Å². The summed E-state index contributed by atoms with van der Waals surface area (Å²) in [6, 6.07) is 9.95. The van der Waals surface area contributed by atoms with Gasteiger partial charge in [-0.2, -0.15) is 4.31 Å². The molecule has 0 unspecified atom stereocenters. The van der Waals surface area contributed by atoms with Gasteiger partial charge >= 0.3 is 0 Å². The van der Waals surface area contributed by atoms with Crippen LogP contribution in [0.1, 0.15) is 11.5 Å². The van der Waals surface area contributed by atoms with E-state index in [9.17, 15) is 8.42 Å². The van der Waals surface area contributed by atoms with Crippen molar-refractivity contribution in [3.05, 3.63) is 54.8 Å². The predicted molar refractivity (Wildman–Crippen MR) is 75.4 cm³/mol. The average molecular weight is 290 g/mol. The molecule has 0 spiro atoms. The van der Waals surface area contributed by atoms with E-state index < -0.39 is 10.0 Å². The van der Waals surface area contributed by atoms with Crippen molar-refractivity contribution in [2.45, 2.75) is 10.9 Å². The number of hydrogen-bond acceptors (Lipinski definition) is 3. The second-order valence-electron chi connectivity index (χ2n) is 4.95. The van der Waals surface area contributed by atoms with Crippen LogP contribution in [0, 0.1) is 6.42 Å². The van der Waals surface area contributed by atoms with Crippen LogP contribution in [0.4, 0.5) is 0 Å². The minimum atomic E-state index is -3.49. The van der Waals surface area contributed by atoms with Gasteiger partial charge in [-0.25, -0.2) is 13.4 Å². The average Bonchev–Trinajstić information content (AvgIpc) is 3.09. The van der Waals surface area contributed by atoms with Gasteiger partial charge in [0.1, 0.15) is 0 Å². The first kappa shape index (κ1) is 13.3. The number of benzene rings is 1. The molecule has 0 saturated carbocycles. The second-order valence-corrected chi connectivity index (χ2v) is 6.84. The van der Waals surface area contributed by atoms with Crippen molar-refractivity contribution in [3.63, 3.8) is 0 Å². The maximum atomic E-state index is 12.5. The summed E-state index contributed by atoms with van der Waals surface area (Å²) in [5, 5.41) is 0.113. The Kier molecular flexibility index (Phi) is 3.35. The summed E-state index contributed by atoms with van der Waals surface area (Å²) in [5.41, 5.74) is 1.14. The molecule has 0 amide bonds. The van der Waals surface area contributed by atoms with Gasteiger partial charge in [-0.05, 0) is 12.0 Å². The summed E-state index contributed by atoms with van der Waals surface area (Å²) < 4.78 is 28.0. The maximum absolute atomic E-state index is 12.5. The molecule has 6 heteroatoms. The van der Waals surface area contributed by atoms with Crippen molar-refractivity contribution in [3.8, 4) is 0 Å². The Morgan fingerprint density at radius 1 is 1.25 bits per heavy atom. The summed E-state index contributed by atoms with van der Waals surface area (Å²) in [5.74, 6) is 0.148. The summed E-state index contributed by atoms with van der Waals surface area (Å²) in [6.45, 7) is 0.904. The Balaban J connectivity index is 1.80. The van der Waals surface area contributed by atoms with Gasteiger partial charge in [0, 0.05) is 32.3 Å². The number of sulfonamides is 1. The zero-order valence-corrected chi connectivity index (χ0v) is 12.0. The minimum absolute atomic E-state index is 0.113. The van der Waals surface area contributed by atoms with E-state index >= 15 is 0 Å². The Morgan fingerprint density at radius 2 is 2.00 bits per heavy atom. The number of rotatable bonds is 3. The minimum Gasteiger partial charge on any atom is -0.339 e. The maximum Gasteiger partial charge on any atom is 0.262 e. The van der Waals surface area contributed by atoms with Crippen LogP contribution in [0.3, 0.4) is 0 Å². The van der Waals surface area contributed by atoms with Gasteiger partial charge in [0.25, 0.3) is 10.0 Å². The molecule has 20 heavy (non-hydrogen) atoms. The van der Waals surface area contributed by atoms with Crippen LogP contribution < -0.4 is 0 Å². The fourth-order valence-corrected chi connectivity index (χ4v) is 3.79. The molecule has 1 aliphatic rings. The van der Waals surface area contributed by atoms with Crippen LogP contribution >= 0.6 is 0 Å². The van der Waals surface area contributed by atoms with Gasteiger partial charge in [-0.3, -0.25) is 0 Å². The summed E-state index contributed by atoms with van der Waals surface area (Å²) in [7, 11) is -1.73. The summed E-state index contributed by atoms with van der Waals surface area (Å²) in [4.78, 5) is 3.95. The number of hydrogen-bond donors (Lipinski definition) is 0. The molecule has 2 heterocycles. The van der Waals surface area contributed by atoms with E-state index in [1.54, 1.807) is 11.6 Å². The van der Waals surface area contributed by atoms with Crippen LogP contribution in [0.2, 0.25) is 0 Å². The molecule has 1 atom stereocenters. The molecule has 2 aromatic rings. The van der Waals surface area contributed by atoms with Crippen molar-refractivity contribution in [1.82, 2.24) is 13.9 Å². The first-order chi connectivity index (χ1) is 9.57. The topological polar surface area (TPSA) is 55.2 Å². The van der Waals surface area contributed by atoms with Gasteiger partial charge < -0.3 is 4.57 Å². The van der Waals surface area contributed by atoms with Crippen LogP contribution in [0.25, 0.3) is 0 Å². The van der Waals surface area contributed by atoms with Crippen molar-refractivity contribution in [1.29, 1.82) is 0 Å². The molecular formula is C14H16N3O2S. The highest BCUT2D eigenvalue weighted by atomic mass is 32.2. The lowest BCUT2D eigenvalue weighted by atomic mass is 9.99. The highest BCUT2D eigenvalue weighted by Gasteiger charge is 2.34. The van der Waals surface area contributed by atoms with Crippen molar-refractivity contribution >= 4 is 10.0 Å². The van der Waals surface area contributed by atoms with Crippen LogP contribution in [0.15, 0.2) is 47.9 Å². The van der Waals surface area contributed by atoms with Crippen LogP contribution in [0.5, 0.6) is 0 Å². The number of nitrogens with zero attached hydrogens (tertiary/aromatic N) is 3. The lowest BCUT2D eigenvalue weighted by molar-refractivity contribution is 0.472. The predicted octanol–water partition coefficient (Wildman–Crippen LogP) is 1.41. The molecule has 1 aliphatic heterocycles. The highest BCUT2D eigenvalue weighted by molar-refractivity contribution is 7.89. The van der Waals surface area contributed by atoms with Gasteiger partial charge in [0.05, 0.1) is 6.33 Å². The van der Waals surface area contributed by atoms with Gasteiger partial charge in [0.2, 0.25) is 0 Å². The molecule has 3 rings (SSSR count). The SMILES string of the molecule is Cn1cnc(S(=O)(=O)N2C[CH][C@@H](c3ccccc3)C2)c1. The normalized spacial score (nSPS) is 20.4. The fraction of sp³-hybridized carbons (Fsp3) is 0.286. The Labute approximate surface area is 118 Å². The Hall–Kier alpha value is -1.66. The molecule has 105 valence electrons. The van der Waals surface area contributed by atoms with E-state index in [0.29, 0.717) is 13.1 Å². The molecule has 1 aromatic heterocycles. The molecule has 1 aromatic carbocycles. The first-order valence-corrected chi connectivity index (χ1v) is 7.88. The Bertz CT molecular complexity index is 694. The number of aromatic nitrogens is 2. The van der Waals surface area contributed by atoms with Crippen LogP contribution in [-0.4, -0.2) is 35.4 Å². The monoisotopic (exact) mass is 290 g/mol. The molecule has 1 saturated heterocycles. The lowest BCUT2D eigenvalue weighted by Crippen LogP contribution is -2.29. The van der Waals surface area contributed by atoms with Gasteiger partial charge in [-0.15, -0.1) is 0 Å². The molecule has 0 bridgehead atoms. The van der Waals surface area contributed by atoms with E-state index in [0.717, 1.165) is 5.56 Å². The van der Waals surface area contributed by atoms with E-state index in [2.05, 4.69) is 4.98 Å². The molecule has 1 fully saturated rings. The van der Waals surface area contributed by atoms with E-state index in [-0.39, 0.29) is 10.9 Å². The third-order valence-corrected chi connectivity index (χ3v) is 5.22. The molecule has 5 nitrogen and oxygen atoms in total. The standard InChI is InChI=1S/C14H16N3O2S/c1-16-10-14(15-11-16)20(18,19)17-8-7-13(9-17)12-5-3-2-4-6-12/h2-7,10-11,13H,8-9H2,1H3/t13-/m1/s1. The highest BCUT2D eigenvalue weighted by Crippen LogP contribution is 2.29. The third kappa shape index (κ3) is 2.36. The fourth-order valence-electron chi connectivity index (χ4n) is 2.41. The summed E-state index contributed by atoms with van der Waals surface area (Å²) >= 11 is 0. The zero-order valence-electron chi connectivity index (χ0n) is 11.2. The molecule has 0 aliphatic carbocycles. The number of aryl methyl sites for hydroxylation is 1. The summed E-state index contributed by atoms with van der Waals surface area (Å²) in [6.07, 6.45) is 5.07. The van der Waals surface area contributed by atoms with Crippen molar-refractivity contribution in [2.75, 3.05) is 13.1 Å². The molecule has 0 N–H and O–H groups in total. The smallest absolute Gasteiger partial charge is 0.262 e. The lowest BCUT2D eigenvalue weighted by Gasteiger charge is -2.15. The second kappa shape index (κ2) is 5.03. The van der Waals surface area contributed by atoms with E-state index in [1.807, 2.05) is 36.8 Å². The van der Waals surface area contributed by atoms with E-state index in [1.165, 1.54) is 16.8 Å². The molecule has 1 radical (unpaired) electrons. The largest absolute Gasteiger partial charge is 0.339 e. The first-order valence-electron chi connectivity index (χ1n) is 6.44. The molecular weight excluding hydrogens is 274 g/mol. The van der Waals surface area contributed by atoms with Gasteiger partial charge in [0.15, 0.2) is 5.03 Å². The quantitative estimate of drug-likeness (QED) is 0.859. The Morgan fingerprint density at radius 3 is 2.65 bits per heavy atom. The van der Waals surface area contributed by atoms with Crippen molar-refractivity contribution in [2.24, 2.45) is 7.05 Å². The van der Waals surface area contributed by atoms with E-state index in [4.69, 9.17) is 0 Å².